The maximum absolute atomic E-state index is 12.5. The molecule has 0 aliphatic carbocycles. The van der Waals surface area contributed by atoms with Gasteiger partial charge < -0.3 is 0 Å². The van der Waals surface area contributed by atoms with Crippen molar-refractivity contribution in [3.05, 3.63) is 30.1 Å². The van der Waals surface area contributed by atoms with Crippen LogP contribution in [0.5, 0.6) is 0 Å². The van der Waals surface area contributed by atoms with Gasteiger partial charge in [-0.15, -0.1) is 5.10 Å². The third kappa shape index (κ3) is 5.02. The third-order valence-corrected chi connectivity index (χ3v) is 7.25. The Balaban J connectivity index is 1.65. The second-order valence-electron chi connectivity index (χ2n) is 6.68. The molecule has 0 bridgehead atoms. The molecular weight excluding hydrogens is 392 g/mol. The smallest absolute Gasteiger partial charge is 0.232 e. The fourth-order valence-corrected chi connectivity index (χ4v) is 5.51. The van der Waals surface area contributed by atoms with Crippen molar-refractivity contribution in [1.82, 2.24) is 24.5 Å². The standard InChI is InChI=1S/C15H22N6O4S2/c1-12-16-18-19-21(12)15-5-3-4-14(10-15)17-27(24,25)11-13-6-8-20(9-7-13)26(2,22)23/h3-5,10,13,17H,6-9,11H2,1-2H3. The zero-order chi connectivity index (χ0) is 19.7. The highest BCUT2D eigenvalue weighted by molar-refractivity contribution is 7.92. The van der Waals surface area contributed by atoms with Gasteiger partial charge in [-0.05, 0) is 54.3 Å². The van der Waals surface area contributed by atoms with Crippen LogP contribution in [-0.2, 0) is 20.0 Å². The summed E-state index contributed by atoms with van der Waals surface area (Å²) in [6.45, 7) is 2.46. The topological polar surface area (TPSA) is 127 Å². The molecule has 0 spiro atoms. The lowest BCUT2D eigenvalue weighted by Gasteiger charge is -2.30. The molecule has 12 heteroatoms. The van der Waals surface area contributed by atoms with E-state index in [1.165, 1.54) is 15.2 Å². The van der Waals surface area contributed by atoms with Crippen molar-refractivity contribution < 1.29 is 16.8 Å². The van der Waals surface area contributed by atoms with E-state index in [1.54, 1.807) is 31.2 Å². The molecule has 2 heterocycles. The molecule has 1 aromatic heterocycles. The van der Waals surface area contributed by atoms with E-state index in [2.05, 4.69) is 20.2 Å². The van der Waals surface area contributed by atoms with E-state index in [4.69, 9.17) is 0 Å². The number of nitrogens with zero attached hydrogens (tertiary/aromatic N) is 5. The predicted octanol–water partition coefficient (Wildman–Crippen LogP) is 0.384. The van der Waals surface area contributed by atoms with E-state index in [9.17, 15) is 16.8 Å². The van der Waals surface area contributed by atoms with Crippen LogP contribution >= 0.6 is 0 Å². The van der Waals surface area contributed by atoms with Crippen LogP contribution in [0, 0.1) is 12.8 Å². The van der Waals surface area contributed by atoms with Crippen LogP contribution in [0.3, 0.4) is 0 Å². The number of aryl methyl sites for hydroxylation is 1. The number of aromatic nitrogens is 4. The van der Waals surface area contributed by atoms with Crippen LogP contribution < -0.4 is 4.72 Å². The number of rotatable bonds is 6. The first-order chi connectivity index (χ1) is 12.6. The Kier molecular flexibility index (Phi) is 5.49. The van der Waals surface area contributed by atoms with Crippen molar-refractivity contribution >= 4 is 25.7 Å². The minimum atomic E-state index is -3.56. The zero-order valence-electron chi connectivity index (χ0n) is 15.1. The van der Waals surface area contributed by atoms with Crippen LogP contribution in [0.15, 0.2) is 24.3 Å². The Labute approximate surface area is 158 Å². The van der Waals surface area contributed by atoms with Gasteiger partial charge in [-0.1, -0.05) is 6.07 Å². The maximum atomic E-state index is 12.5. The van der Waals surface area contributed by atoms with Crippen molar-refractivity contribution in [3.63, 3.8) is 0 Å². The SMILES string of the molecule is Cc1nnnn1-c1cccc(NS(=O)(=O)CC2CCN(S(C)(=O)=O)CC2)c1. The van der Waals surface area contributed by atoms with E-state index < -0.39 is 20.0 Å². The second kappa shape index (κ2) is 7.52. The number of tetrazole rings is 1. The number of anilines is 1. The Bertz CT molecular complexity index is 1010. The van der Waals surface area contributed by atoms with Crippen LogP contribution in [0.1, 0.15) is 18.7 Å². The van der Waals surface area contributed by atoms with Gasteiger partial charge in [-0.25, -0.2) is 21.1 Å². The molecule has 1 aliphatic heterocycles. The fourth-order valence-electron chi connectivity index (χ4n) is 3.11. The van der Waals surface area contributed by atoms with Crippen molar-refractivity contribution in [3.8, 4) is 5.69 Å². The lowest BCUT2D eigenvalue weighted by Crippen LogP contribution is -2.39. The summed E-state index contributed by atoms with van der Waals surface area (Å²) in [6, 6.07) is 6.82. The quantitative estimate of drug-likeness (QED) is 0.724. The summed E-state index contributed by atoms with van der Waals surface area (Å²) in [4.78, 5) is 0. The minimum Gasteiger partial charge on any atom is -0.283 e. The van der Waals surface area contributed by atoms with Gasteiger partial charge in [0.15, 0.2) is 5.82 Å². The van der Waals surface area contributed by atoms with E-state index >= 15 is 0 Å². The molecule has 1 aliphatic rings. The minimum absolute atomic E-state index is 0.0429. The highest BCUT2D eigenvalue weighted by atomic mass is 32.2. The molecule has 1 saturated heterocycles. The molecule has 10 nitrogen and oxygen atoms in total. The molecule has 1 aromatic carbocycles. The third-order valence-electron chi connectivity index (χ3n) is 4.49. The summed E-state index contributed by atoms with van der Waals surface area (Å²) in [7, 11) is -6.78. The lowest BCUT2D eigenvalue weighted by atomic mass is 10.0. The number of piperidine rings is 1. The molecule has 1 N–H and O–H groups in total. The second-order valence-corrected chi connectivity index (χ2v) is 10.4. The predicted molar refractivity (Wildman–Crippen MR) is 100 cm³/mol. The molecule has 0 amide bonds. The van der Waals surface area contributed by atoms with Gasteiger partial charge >= 0.3 is 0 Å². The van der Waals surface area contributed by atoms with E-state index in [-0.39, 0.29) is 11.7 Å². The number of hydrogen-bond acceptors (Lipinski definition) is 7. The summed E-state index contributed by atoms with van der Waals surface area (Å²) in [5, 5.41) is 11.3. The maximum Gasteiger partial charge on any atom is 0.232 e. The first kappa shape index (κ1) is 19.7. The van der Waals surface area contributed by atoms with E-state index in [0.29, 0.717) is 43.1 Å². The number of nitrogens with one attached hydrogen (secondary N) is 1. The fraction of sp³-hybridized carbons (Fsp3) is 0.533. The largest absolute Gasteiger partial charge is 0.283 e. The van der Waals surface area contributed by atoms with Gasteiger partial charge in [-0.3, -0.25) is 4.72 Å². The average molecular weight is 415 g/mol. The first-order valence-corrected chi connectivity index (χ1v) is 12.0. The van der Waals surface area contributed by atoms with Crippen molar-refractivity contribution in [2.75, 3.05) is 29.8 Å². The highest BCUT2D eigenvalue weighted by Crippen LogP contribution is 2.22. The first-order valence-electron chi connectivity index (χ1n) is 8.45. The van der Waals surface area contributed by atoms with Crippen molar-refractivity contribution in [2.24, 2.45) is 5.92 Å². The molecule has 2 aromatic rings. The average Bonchev–Trinajstić information content (AvgIpc) is 3.00. The molecule has 1 fully saturated rings. The Morgan fingerprint density at radius 1 is 1.19 bits per heavy atom. The molecule has 0 radical (unpaired) electrons. The van der Waals surface area contributed by atoms with Crippen molar-refractivity contribution in [2.45, 2.75) is 19.8 Å². The van der Waals surface area contributed by atoms with Gasteiger partial charge in [0, 0.05) is 13.1 Å². The van der Waals surface area contributed by atoms with Gasteiger partial charge in [0.2, 0.25) is 20.0 Å². The highest BCUT2D eigenvalue weighted by Gasteiger charge is 2.28. The Hall–Kier alpha value is -2.05. The Morgan fingerprint density at radius 3 is 2.48 bits per heavy atom. The molecule has 148 valence electrons. The summed E-state index contributed by atoms with van der Waals surface area (Å²) < 4.78 is 53.6. The lowest BCUT2D eigenvalue weighted by molar-refractivity contribution is 0.290. The van der Waals surface area contributed by atoms with Crippen LogP contribution in [0.25, 0.3) is 5.69 Å². The molecule has 0 saturated carbocycles. The zero-order valence-corrected chi connectivity index (χ0v) is 16.7. The van der Waals surface area contributed by atoms with Crippen LogP contribution in [0.4, 0.5) is 5.69 Å². The Morgan fingerprint density at radius 2 is 1.89 bits per heavy atom. The number of hydrogen-bond donors (Lipinski definition) is 1. The normalized spacial score (nSPS) is 17.1. The summed E-state index contributed by atoms with van der Waals surface area (Å²) >= 11 is 0. The van der Waals surface area contributed by atoms with E-state index in [1.807, 2.05) is 0 Å². The van der Waals surface area contributed by atoms with Crippen molar-refractivity contribution in [1.29, 1.82) is 0 Å². The molecule has 27 heavy (non-hydrogen) atoms. The summed E-state index contributed by atoms with van der Waals surface area (Å²) in [5.41, 5.74) is 1.08. The number of benzene rings is 1. The van der Waals surface area contributed by atoms with Gasteiger partial charge in [0.25, 0.3) is 0 Å². The van der Waals surface area contributed by atoms with Crippen LogP contribution in [-0.4, -0.2) is 66.4 Å². The van der Waals surface area contributed by atoms with E-state index in [0.717, 1.165) is 0 Å². The molecular formula is C15H22N6O4S2. The molecule has 3 rings (SSSR count). The summed E-state index contributed by atoms with van der Waals surface area (Å²) in [6.07, 6.45) is 2.22. The molecule has 0 unspecified atom stereocenters. The van der Waals surface area contributed by atoms with Gasteiger partial charge in [0.05, 0.1) is 23.4 Å². The van der Waals surface area contributed by atoms with Gasteiger partial charge in [0.1, 0.15) is 0 Å². The van der Waals surface area contributed by atoms with Gasteiger partial charge in [-0.2, -0.15) is 4.68 Å². The summed E-state index contributed by atoms with van der Waals surface area (Å²) in [5.74, 6) is 0.469. The molecule has 0 atom stereocenters. The monoisotopic (exact) mass is 414 g/mol. The number of sulfonamides is 2. The van der Waals surface area contributed by atoms with Crippen LogP contribution in [0.2, 0.25) is 0 Å².